The van der Waals surface area contributed by atoms with Crippen molar-refractivity contribution in [2.24, 2.45) is 15.0 Å². The summed E-state index contributed by atoms with van der Waals surface area (Å²) in [5, 5.41) is 9.25. The van der Waals surface area contributed by atoms with Crippen LogP contribution in [0.15, 0.2) is 135 Å². The average molecular weight is 763 g/mol. The first-order valence-electron chi connectivity index (χ1n) is 19.0. The molecule has 0 saturated carbocycles. The number of amidine groups is 1. The van der Waals surface area contributed by atoms with Crippen molar-refractivity contribution in [3.63, 3.8) is 0 Å². The highest BCUT2D eigenvalue weighted by atomic mass is 16.5. The van der Waals surface area contributed by atoms with Crippen molar-refractivity contribution in [2.45, 2.75) is 78.4 Å². The molecule has 3 unspecified atom stereocenters. The third-order valence-electron chi connectivity index (χ3n) is 8.80. The van der Waals surface area contributed by atoms with Gasteiger partial charge < -0.3 is 25.6 Å². The molecule has 1 saturated heterocycles. The van der Waals surface area contributed by atoms with Crippen molar-refractivity contribution in [3.8, 4) is 0 Å². The molecule has 3 N–H and O–H groups in total. The Kier molecular flexibility index (Phi) is 18.7. The molecule has 12 heteroatoms. The Morgan fingerprint density at radius 2 is 1.80 bits per heavy atom. The second-order valence-electron chi connectivity index (χ2n) is 14.0. The predicted molar refractivity (Wildman–Crippen MR) is 227 cm³/mol. The topological polar surface area (TPSA) is 150 Å². The Morgan fingerprint density at radius 1 is 1.07 bits per heavy atom. The summed E-state index contributed by atoms with van der Waals surface area (Å²) in [6.45, 7) is 19.7. The number of rotatable bonds is 14. The summed E-state index contributed by atoms with van der Waals surface area (Å²) in [5.74, 6) is -1.91. The van der Waals surface area contributed by atoms with E-state index in [1.54, 1.807) is 68.6 Å². The summed E-state index contributed by atoms with van der Waals surface area (Å²) < 4.78 is 6.30. The van der Waals surface area contributed by atoms with Gasteiger partial charge in [0.2, 0.25) is 5.96 Å². The van der Waals surface area contributed by atoms with E-state index in [4.69, 9.17) is 14.7 Å². The molecule has 1 fully saturated rings. The van der Waals surface area contributed by atoms with E-state index in [1.807, 2.05) is 40.0 Å². The smallest absolute Gasteiger partial charge is 0.319 e. The number of nitrogens with one attached hydrogen (secondary N) is 3. The number of hydrogen-bond donors (Lipinski definition) is 3. The standard InChI is InChI=1S/C44H58N8O4/c1-10-35(50-43(49-32(5)19-17-26-45-8)51-44(47-30(2)3)56-36-20-18-28-52(9)29-36)24-23-33(6)48-42(55)31(4)22-25-37-34(7)40(53)39(41(37)54)38-21-15-13-11-12-14-16-27-46-38/h10-16,21-25,27,32,36,39,45H,1,4,17-20,26,28-29H2,2-3,5-9H3,(H,48,55)(H,49,50)/b12-11?,13-11?,14-12?,15-13?,16-14?,21-15?,25-22-,27-16?,33-23+,35-24+,38-21?,46-27?,46-38?,51-44+. The second-order valence-corrected chi connectivity index (χ2v) is 14.0. The van der Waals surface area contributed by atoms with Crippen LogP contribution in [0.4, 0.5) is 0 Å². The SMILES string of the molecule is C=C/C(=C\C=C(/C)NC(=O)C(=C)/C=C\C1=C(C)C(=O)C(c2ccccccccn2)C1=O)NC(=NC(C)CCCNC)/N=C(\N=C(C)C)OC1CCCN(C)C1. The highest BCUT2D eigenvalue weighted by Crippen LogP contribution is 2.32. The van der Waals surface area contributed by atoms with Gasteiger partial charge in [0, 0.05) is 46.6 Å². The minimum Gasteiger partial charge on any atom is -0.459 e. The first kappa shape index (κ1) is 44.8. The molecule has 1 aromatic rings. The number of carbonyl (C=O) groups is 3. The molecule has 3 atom stereocenters. The van der Waals surface area contributed by atoms with Crippen molar-refractivity contribution in [1.29, 1.82) is 0 Å². The van der Waals surface area contributed by atoms with Gasteiger partial charge in [-0.25, -0.2) is 9.98 Å². The zero-order valence-electron chi connectivity index (χ0n) is 34.0. The van der Waals surface area contributed by atoms with Gasteiger partial charge in [0.05, 0.1) is 11.7 Å². The van der Waals surface area contributed by atoms with Crippen LogP contribution in [0.25, 0.3) is 0 Å². The van der Waals surface area contributed by atoms with Crippen LogP contribution in [0.3, 0.4) is 0 Å². The molecule has 0 spiro atoms. The lowest BCUT2D eigenvalue weighted by Crippen LogP contribution is -2.38. The highest BCUT2D eigenvalue weighted by molar-refractivity contribution is 6.28. The van der Waals surface area contributed by atoms with E-state index < -0.39 is 11.8 Å². The van der Waals surface area contributed by atoms with Gasteiger partial charge in [-0.05, 0) is 124 Å². The summed E-state index contributed by atoms with van der Waals surface area (Å²) in [6.07, 6.45) is 13.2. The number of amides is 1. The number of ether oxygens (including phenoxy) is 1. The molecule has 1 aliphatic carbocycles. The molecule has 2 aliphatic rings. The lowest BCUT2D eigenvalue weighted by molar-refractivity contribution is -0.123. The van der Waals surface area contributed by atoms with Gasteiger partial charge >= 0.3 is 6.02 Å². The number of guanidine groups is 1. The maximum absolute atomic E-state index is 13.4. The number of aliphatic imine (C=N–C) groups is 3. The Labute approximate surface area is 332 Å². The van der Waals surface area contributed by atoms with Crippen molar-refractivity contribution >= 4 is 35.2 Å². The van der Waals surface area contributed by atoms with Crippen LogP contribution in [-0.4, -0.2) is 90.9 Å². The lowest BCUT2D eigenvalue weighted by atomic mass is 9.98. The van der Waals surface area contributed by atoms with Gasteiger partial charge in [0.25, 0.3) is 5.91 Å². The molecule has 298 valence electrons. The van der Waals surface area contributed by atoms with Crippen LogP contribution >= 0.6 is 0 Å². The molecule has 1 amide bonds. The summed E-state index contributed by atoms with van der Waals surface area (Å²) in [4.78, 5) is 60.5. The molecule has 56 heavy (non-hydrogen) atoms. The number of Topliss-reactive ketones (excluding diaryl/α,β-unsaturated/α-hetero) is 2. The normalized spacial score (nSPS) is 19.1. The fourth-order valence-electron chi connectivity index (χ4n) is 5.81. The molecular formula is C44H58N8O4. The minimum absolute atomic E-state index is 0.0388. The van der Waals surface area contributed by atoms with Crippen molar-refractivity contribution in [1.82, 2.24) is 25.8 Å². The summed E-state index contributed by atoms with van der Waals surface area (Å²) in [6, 6.07) is 12.6. The second kappa shape index (κ2) is 23.4. The van der Waals surface area contributed by atoms with Crippen molar-refractivity contribution in [3.05, 3.63) is 126 Å². The van der Waals surface area contributed by atoms with Gasteiger partial charge in [-0.3, -0.25) is 19.4 Å². The molecule has 0 aromatic carbocycles. The third-order valence-corrected chi connectivity index (χ3v) is 8.80. The van der Waals surface area contributed by atoms with E-state index in [9.17, 15) is 14.4 Å². The Morgan fingerprint density at radius 3 is 2.50 bits per heavy atom. The van der Waals surface area contributed by atoms with Crippen molar-refractivity contribution < 1.29 is 19.1 Å². The maximum atomic E-state index is 13.4. The molecule has 0 radical (unpaired) electrons. The molecule has 1 aliphatic heterocycles. The zero-order chi connectivity index (χ0) is 41.0. The fourth-order valence-corrected chi connectivity index (χ4v) is 5.81. The number of likely N-dealkylation sites (N-methyl/N-ethyl adjacent to an activating group) is 1. The first-order valence-corrected chi connectivity index (χ1v) is 19.0. The third kappa shape index (κ3) is 14.9. The van der Waals surface area contributed by atoms with Crippen LogP contribution < -0.4 is 16.0 Å². The van der Waals surface area contributed by atoms with Crippen LogP contribution in [0.5, 0.6) is 0 Å². The van der Waals surface area contributed by atoms with Crippen molar-refractivity contribution in [2.75, 3.05) is 33.7 Å². The molecule has 0 bridgehead atoms. The number of hydrogen-bond acceptors (Lipinski definition) is 8. The monoisotopic (exact) mass is 762 g/mol. The number of ketones is 2. The average Bonchev–Trinajstić information content (AvgIpc) is 3.36. The molecular weight excluding hydrogens is 705 g/mol. The van der Waals surface area contributed by atoms with Crippen LogP contribution in [0, 0.1) is 0 Å². The number of carbonyl (C=O) groups excluding carboxylic acids is 3. The van der Waals surface area contributed by atoms with E-state index in [-0.39, 0.29) is 40.9 Å². The Hall–Kier alpha value is -5.59. The minimum atomic E-state index is -1.06. The van der Waals surface area contributed by atoms with Gasteiger partial charge in [-0.2, -0.15) is 4.99 Å². The van der Waals surface area contributed by atoms with Crippen LogP contribution in [0.2, 0.25) is 0 Å². The number of likely N-dealkylation sites (tertiary alicyclic amines) is 1. The van der Waals surface area contributed by atoms with Crippen LogP contribution in [-0.2, 0) is 19.1 Å². The predicted octanol–water partition coefficient (Wildman–Crippen LogP) is 6.24. The number of allylic oxidation sites excluding steroid dienone is 7. The Bertz CT molecular complexity index is 1860. The molecule has 1 aromatic heterocycles. The summed E-state index contributed by atoms with van der Waals surface area (Å²) in [7, 11) is 4.00. The van der Waals surface area contributed by atoms with E-state index in [1.165, 1.54) is 12.2 Å². The van der Waals surface area contributed by atoms with Crippen LogP contribution in [0.1, 0.15) is 71.9 Å². The summed E-state index contributed by atoms with van der Waals surface area (Å²) >= 11 is 0. The van der Waals surface area contributed by atoms with Gasteiger partial charge in [-0.1, -0.05) is 49.6 Å². The molecule has 3 rings (SSSR count). The van der Waals surface area contributed by atoms with E-state index in [0.29, 0.717) is 28.6 Å². The quantitative estimate of drug-likeness (QED) is 0.0504. The van der Waals surface area contributed by atoms with E-state index in [2.05, 4.69) is 51.0 Å². The first-order chi connectivity index (χ1) is 26.8. The van der Waals surface area contributed by atoms with Gasteiger partial charge in [-0.15, -0.1) is 0 Å². The van der Waals surface area contributed by atoms with E-state index >= 15 is 0 Å². The van der Waals surface area contributed by atoms with Gasteiger partial charge in [0.1, 0.15) is 12.0 Å². The van der Waals surface area contributed by atoms with Gasteiger partial charge in [0.15, 0.2) is 11.6 Å². The lowest BCUT2D eigenvalue weighted by Gasteiger charge is -2.29. The maximum Gasteiger partial charge on any atom is 0.319 e. The fraction of sp³-hybridized carbons (Fsp3) is 0.386. The summed E-state index contributed by atoms with van der Waals surface area (Å²) in [5.41, 5.74) is 2.86. The number of piperidine rings is 1. The number of aromatic nitrogens is 1. The largest absolute Gasteiger partial charge is 0.459 e. The number of nitrogens with zero attached hydrogens (tertiary/aromatic N) is 5. The highest BCUT2D eigenvalue weighted by Gasteiger charge is 2.39. The Balaban J connectivity index is 1.77. The zero-order valence-corrected chi connectivity index (χ0v) is 34.0. The molecule has 2 heterocycles. The van der Waals surface area contributed by atoms with E-state index in [0.717, 1.165) is 51.0 Å². The molecule has 12 nitrogen and oxygen atoms in total.